The van der Waals surface area contributed by atoms with Crippen molar-refractivity contribution in [3.63, 3.8) is 0 Å². The molecular weight excluding hydrogens is 164 g/mol. The van der Waals surface area contributed by atoms with E-state index in [1.54, 1.807) is 0 Å². The summed E-state index contributed by atoms with van der Waals surface area (Å²) in [6.07, 6.45) is 8.89. The maximum Gasteiger partial charge on any atom is 0.0618 e. The van der Waals surface area contributed by atoms with Gasteiger partial charge in [0.15, 0.2) is 0 Å². The Morgan fingerprint density at radius 2 is 2.23 bits per heavy atom. The normalized spacial score (nSPS) is 40.5. The van der Waals surface area contributed by atoms with Crippen LogP contribution in [0.1, 0.15) is 25.7 Å². The summed E-state index contributed by atoms with van der Waals surface area (Å²) in [6, 6.07) is 0. The molecule has 0 spiro atoms. The van der Waals surface area contributed by atoms with Crippen molar-refractivity contribution >= 4 is 0 Å². The molecule has 2 nitrogen and oxygen atoms in total. The molecule has 1 aliphatic heterocycles. The summed E-state index contributed by atoms with van der Waals surface area (Å²) in [7, 11) is 0. The molecule has 2 heteroatoms. The number of allylic oxidation sites excluding steroid dienone is 2. The second kappa shape index (κ2) is 4.25. The van der Waals surface area contributed by atoms with Crippen LogP contribution in [0.3, 0.4) is 0 Å². The molecule has 0 aromatic rings. The first kappa shape index (κ1) is 9.22. The van der Waals surface area contributed by atoms with E-state index in [0.29, 0.717) is 11.8 Å². The molecule has 1 saturated heterocycles. The van der Waals surface area contributed by atoms with E-state index in [9.17, 15) is 5.11 Å². The first-order valence-electron chi connectivity index (χ1n) is 5.30. The second-order valence-corrected chi connectivity index (χ2v) is 4.12. The fourth-order valence-electron chi connectivity index (χ4n) is 2.35. The number of ether oxygens (including phenoxy) is 1. The zero-order chi connectivity index (χ0) is 9.10. The Morgan fingerprint density at radius 1 is 1.31 bits per heavy atom. The smallest absolute Gasteiger partial charge is 0.0618 e. The molecular formula is C11H18O2. The largest absolute Gasteiger partial charge is 0.393 e. The van der Waals surface area contributed by atoms with Crippen molar-refractivity contribution in [1.82, 2.24) is 0 Å². The van der Waals surface area contributed by atoms with E-state index < -0.39 is 0 Å². The van der Waals surface area contributed by atoms with Crippen molar-refractivity contribution in [3.8, 4) is 0 Å². The highest BCUT2D eigenvalue weighted by Crippen LogP contribution is 2.30. The third-order valence-electron chi connectivity index (χ3n) is 3.20. The predicted octanol–water partition coefficient (Wildman–Crippen LogP) is 1.74. The summed E-state index contributed by atoms with van der Waals surface area (Å²) >= 11 is 0. The van der Waals surface area contributed by atoms with Gasteiger partial charge in [-0.3, -0.25) is 0 Å². The lowest BCUT2D eigenvalue weighted by Gasteiger charge is -2.33. The SMILES string of the molecule is OC1CCOCC1C1C=CCCC1. The number of aliphatic hydroxyl groups is 1. The highest BCUT2D eigenvalue weighted by molar-refractivity contribution is 4.97. The van der Waals surface area contributed by atoms with Crippen molar-refractivity contribution in [2.75, 3.05) is 13.2 Å². The van der Waals surface area contributed by atoms with E-state index in [-0.39, 0.29) is 6.10 Å². The van der Waals surface area contributed by atoms with Gasteiger partial charge in [0.2, 0.25) is 0 Å². The molecule has 2 rings (SSSR count). The van der Waals surface area contributed by atoms with Crippen molar-refractivity contribution < 1.29 is 9.84 Å². The van der Waals surface area contributed by atoms with Crippen LogP contribution in [0.5, 0.6) is 0 Å². The molecule has 1 fully saturated rings. The van der Waals surface area contributed by atoms with Crippen molar-refractivity contribution in [2.45, 2.75) is 31.8 Å². The zero-order valence-electron chi connectivity index (χ0n) is 7.98. The molecule has 0 aromatic carbocycles. The lowest BCUT2D eigenvalue weighted by molar-refractivity contribution is -0.0521. The van der Waals surface area contributed by atoms with E-state index >= 15 is 0 Å². The summed E-state index contributed by atoms with van der Waals surface area (Å²) in [4.78, 5) is 0. The van der Waals surface area contributed by atoms with Gasteiger partial charge in [-0.05, 0) is 31.6 Å². The van der Waals surface area contributed by atoms with Gasteiger partial charge in [-0.2, -0.15) is 0 Å². The van der Waals surface area contributed by atoms with Crippen LogP contribution in [0.25, 0.3) is 0 Å². The van der Waals surface area contributed by atoms with Crippen LogP contribution < -0.4 is 0 Å². The number of hydrogen-bond donors (Lipinski definition) is 1. The monoisotopic (exact) mass is 182 g/mol. The summed E-state index contributed by atoms with van der Waals surface area (Å²) in [5, 5.41) is 9.81. The standard InChI is InChI=1S/C11H18O2/c12-11-6-7-13-8-10(11)9-4-2-1-3-5-9/h2,4,9-12H,1,3,5-8H2. The highest BCUT2D eigenvalue weighted by Gasteiger charge is 2.30. The topological polar surface area (TPSA) is 29.5 Å². The Labute approximate surface area is 79.6 Å². The van der Waals surface area contributed by atoms with E-state index in [1.165, 1.54) is 19.3 Å². The van der Waals surface area contributed by atoms with Crippen LogP contribution >= 0.6 is 0 Å². The average Bonchev–Trinajstić information content (AvgIpc) is 2.20. The summed E-state index contributed by atoms with van der Waals surface area (Å²) < 4.78 is 5.41. The molecule has 0 radical (unpaired) electrons. The highest BCUT2D eigenvalue weighted by atomic mass is 16.5. The lowest BCUT2D eigenvalue weighted by Crippen LogP contribution is -2.36. The maximum atomic E-state index is 9.81. The number of aliphatic hydroxyl groups excluding tert-OH is 1. The minimum Gasteiger partial charge on any atom is -0.393 e. The zero-order valence-corrected chi connectivity index (χ0v) is 7.98. The van der Waals surface area contributed by atoms with Crippen LogP contribution in [0.4, 0.5) is 0 Å². The van der Waals surface area contributed by atoms with Gasteiger partial charge < -0.3 is 9.84 Å². The fourth-order valence-corrected chi connectivity index (χ4v) is 2.35. The maximum absolute atomic E-state index is 9.81. The molecule has 1 heterocycles. The average molecular weight is 182 g/mol. The molecule has 13 heavy (non-hydrogen) atoms. The van der Waals surface area contributed by atoms with Crippen LogP contribution in [-0.2, 0) is 4.74 Å². The molecule has 2 aliphatic rings. The van der Waals surface area contributed by atoms with Crippen molar-refractivity contribution in [1.29, 1.82) is 0 Å². The van der Waals surface area contributed by atoms with Crippen molar-refractivity contribution in [2.24, 2.45) is 11.8 Å². The quantitative estimate of drug-likeness (QED) is 0.626. The molecule has 1 aliphatic carbocycles. The Bertz CT molecular complexity index is 189. The van der Waals surface area contributed by atoms with Crippen LogP contribution in [0.2, 0.25) is 0 Å². The molecule has 0 aromatic heterocycles. The van der Waals surface area contributed by atoms with Crippen molar-refractivity contribution in [3.05, 3.63) is 12.2 Å². The van der Waals surface area contributed by atoms with Gasteiger partial charge in [0.25, 0.3) is 0 Å². The third-order valence-corrected chi connectivity index (χ3v) is 3.20. The van der Waals surface area contributed by atoms with Gasteiger partial charge in [0, 0.05) is 12.5 Å². The molecule has 1 N–H and O–H groups in total. The Kier molecular flexibility index (Phi) is 3.01. The van der Waals surface area contributed by atoms with E-state index in [1.807, 2.05) is 0 Å². The Balaban J connectivity index is 1.96. The van der Waals surface area contributed by atoms with Gasteiger partial charge in [0.1, 0.15) is 0 Å². The lowest BCUT2D eigenvalue weighted by atomic mass is 9.80. The molecule has 0 saturated carbocycles. The number of rotatable bonds is 1. The second-order valence-electron chi connectivity index (χ2n) is 4.12. The summed E-state index contributed by atoms with van der Waals surface area (Å²) in [5.74, 6) is 0.911. The van der Waals surface area contributed by atoms with Gasteiger partial charge in [-0.15, -0.1) is 0 Å². The molecule has 0 amide bonds. The molecule has 3 atom stereocenters. The van der Waals surface area contributed by atoms with Gasteiger partial charge >= 0.3 is 0 Å². The molecule has 74 valence electrons. The minimum absolute atomic E-state index is 0.138. The van der Waals surface area contributed by atoms with Crippen LogP contribution in [-0.4, -0.2) is 24.4 Å². The number of hydrogen-bond acceptors (Lipinski definition) is 2. The summed E-state index contributed by atoms with van der Waals surface area (Å²) in [6.45, 7) is 1.48. The Hall–Kier alpha value is -0.340. The van der Waals surface area contributed by atoms with Crippen LogP contribution in [0.15, 0.2) is 12.2 Å². The van der Waals surface area contributed by atoms with E-state index in [0.717, 1.165) is 19.6 Å². The van der Waals surface area contributed by atoms with E-state index in [4.69, 9.17) is 4.74 Å². The first-order valence-corrected chi connectivity index (χ1v) is 5.30. The summed E-state index contributed by atoms with van der Waals surface area (Å²) in [5.41, 5.74) is 0. The molecule has 3 unspecified atom stereocenters. The first-order chi connectivity index (χ1) is 6.38. The van der Waals surface area contributed by atoms with Crippen LogP contribution in [0, 0.1) is 11.8 Å². The minimum atomic E-state index is -0.138. The predicted molar refractivity (Wildman–Crippen MR) is 51.4 cm³/mol. The van der Waals surface area contributed by atoms with E-state index in [2.05, 4.69) is 12.2 Å². The molecule has 0 bridgehead atoms. The van der Waals surface area contributed by atoms with Gasteiger partial charge in [0.05, 0.1) is 12.7 Å². The van der Waals surface area contributed by atoms with Gasteiger partial charge in [-0.1, -0.05) is 12.2 Å². The van der Waals surface area contributed by atoms with Gasteiger partial charge in [-0.25, -0.2) is 0 Å². The fraction of sp³-hybridized carbons (Fsp3) is 0.818. The third kappa shape index (κ3) is 2.12. The Morgan fingerprint density at radius 3 is 2.92 bits per heavy atom.